The SMILES string of the molecule is COc1ccccc1CC(=O)NNC(=O)c1ccc(CSc2nc3ccccc3s2)cc1. The number of fused-ring (bicyclic) bond motifs is 1. The molecule has 0 aliphatic carbocycles. The van der Waals surface area contributed by atoms with Gasteiger partial charge >= 0.3 is 0 Å². The zero-order chi connectivity index (χ0) is 22.3. The first-order chi connectivity index (χ1) is 15.6. The molecule has 0 saturated heterocycles. The van der Waals surface area contributed by atoms with E-state index in [9.17, 15) is 9.59 Å². The first-order valence-corrected chi connectivity index (χ1v) is 11.7. The summed E-state index contributed by atoms with van der Waals surface area (Å²) >= 11 is 3.35. The Morgan fingerprint density at radius 1 is 0.969 bits per heavy atom. The van der Waals surface area contributed by atoms with Crippen molar-refractivity contribution in [2.45, 2.75) is 16.5 Å². The van der Waals surface area contributed by atoms with Gasteiger partial charge in [0.2, 0.25) is 5.91 Å². The number of thiazole rings is 1. The van der Waals surface area contributed by atoms with E-state index in [1.54, 1.807) is 48.4 Å². The maximum atomic E-state index is 12.4. The minimum absolute atomic E-state index is 0.103. The van der Waals surface area contributed by atoms with Gasteiger partial charge in [0.1, 0.15) is 5.75 Å². The van der Waals surface area contributed by atoms with Crippen molar-refractivity contribution in [1.82, 2.24) is 15.8 Å². The smallest absolute Gasteiger partial charge is 0.269 e. The molecular weight excluding hydrogens is 442 g/mol. The lowest BCUT2D eigenvalue weighted by molar-refractivity contribution is -0.121. The Kier molecular flexibility index (Phi) is 7.03. The number of carbonyl (C=O) groups excluding carboxylic acids is 2. The molecule has 1 heterocycles. The van der Waals surface area contributed by atoms with E-state index in [-0.39, 0.29) is 18.2 Å². The number of ether oxygens (including phenoxy) is 1. The number of hydrogen-bond donors (Lipinski definition) is 2. The summed E-state index contributed by atoms with van der Waals surface area (Å²) in [7, 11) is 1.56. The molecule has 0 spiro atoms. The van der Waals surface area contributed by atoms with Crippen LogP contribution in [0, 0.1) is 0 Å². The maximum Gasteiger partial charge on any atom is 0.269 e. The van der Waals surface area contributed by atoms with E-state index >= 15 is 0 Å². The monoisotopic (exact) mass is 463 g/mol. The molecular formula is C24H21N3O3S2. The first kappa shape index (κ1) is 21.9. The molecule has 4 aromatic rings. The summed E-state index contributed by atoms with van der Waals surface area (Å²) in [5.74, 6) is 0.695. The molecule has 0 saturated carbocycles. The van der Waals surface area contributed by atoms with Gasteiger partial charge in [0.05, 0.1) is 23.7 Å². The number of hydrogen-bond acceptors (Lipinski definition) is 6. The highest BCUT2D eigenvalue weighted by Crippen LogP contribution is 2.31. The molecule has 2 amide bonds. The van der Waals surface area contributed by atoms with Crippen LogP contribution in [0.1, 0.15) is 21.5 Å². The van der Waals surface area contributed by atoms with Gasteiger partial charge in [-0.05, 0) is 35.9 Å². The molecule has 0 bridgehead atoms. The normalized spacial score (nSPS) is 10.7. The summed E-state index contributed by atoms with van der Waals surface area (Å²) < 4.78 is 7.44. The topological polar surface area (TPSA) is 80.3 Å². The number of rotatable bonds is 7. The summed E-state index contributed by atoms with van der Waals surface area (Å²) in [6, 6.07) is 22.7. The number of benzene rings is 3. The largest absolute Gasteiger partial charge is 0.496 e. The van der Waals surface area contributed by atoms with Gasteiger partial charge < -0.3 is 4.74 Å². The summed E-state index contributed by atoms with van der Waals surface area (Å²) in [4.78, 5) is 29.1. The Labute approximate surface area is 194 Å². The van der Waals surface area contributed by atoms with Gasteiger partial charge in [0, 0.05) is 16.9 Å². The molecule has 0 fully saturated rings. The third-order valence-electron chi connectivity index (χ3n) is 4.71. The Hall–Kier alpha value is -3.36. The van der Waals surface area contributed by atoms with Crippen molar-refractivity contribution in [3.63, 3.8) is 0 Å². The summed E-state index contributed by atoms with van der Waals surface area (Å²) in [5.41, 5.74) is 8.22. The number of aromatic nitrogens is 1. The highest BCUT2D eigenvalue weighted by Gasteiger charge is 2.11. The number of methoxy groups -OCH3 is 1. The van der Waals surface area contributed by atoms with Crippen LogP contribution in [-0.4, -0.2) is 23.9 Å². The van der Waals surface area contributed by atoms with Crippen molar-refractivity contribution in [2.24, 2.45) is 0 Å². The standard InChI is InChI=1S/C24H21N3O3S2/c1-30-20-8-4-2-6-18(20)14-22(28)26-27-23(29)17-12-10-16(11-13-17)15-31-24-25-19-7-3-5-9-21(19)32-24/h2-13H,14-15H2,1H3,(H,26,28)(H,27,29). The van der Waals surface area contributed by atoms with Gasteiger partial charge in [0.15, 0.2) is 4.34 Å². The second-order valence-electron chi connectivity index (χ2n) is 6.92. The van der Waals surface area contributed by atoms with E-state index in [0.717, 1.165) is 26.7 Å². The van der Waals surface area contributed by atoms with Crippen molar-refractivity contribution in [1.29, 1.82) is 0 Å². The zero-order valence-corrected chi connectivity index (χ0v) is 19.0. The predicted molar refractivity (Wildman–Crippen MR) is 128 cm³/mol. The van der Waals surface area contributed by atoms with Gasteiger partial charge in [-0.15, -0.1) is 11.3 Å². The van der Waals surface area contributed by atoms with Crippen molar-refractivity contribution in [2.75, 3.05) is 7.11 Å². The van der Waals surface area contributed by atoms with Crippen molar-refractivity contribution in [3.05, 3.63) is 89.5 Å². The van der Waals surface area contributed by atoms with Gasteiger partial charge in [-0.1, -0.05) is 54.2 Å². The Bertz CT molecular complexity index is 1210. The van der Waals surface area contributed by atoms with Crippen LogP contribution in [0.4, 0.5) is 0 Å². The molecule has 0 radical (unpaired) electrons. The van der Waals surface area contributed by atoms with Gasteiger partial charge in [-0.3, -0.25) is 20.4 Å². The highest BCUT2D eigenvalue weighted by atomic mass is 32.2. The van der Waals surface area contributed by atoms with Crippen LogP contribution in [-0.2, 0) is 17.0 Å². The Balaban J connectivity index is 1.27. The number of thioether (sulfide) groups is 1. The minimum Gasteiger partial charge on any atom is -0.496 e. The lowest BCUT2D eigenvalue weighted by Gasteiger charge is -2.10. The lowest BCUT2D eigenvalue weighted by atomic mass is 10.1. The summed E-state index contributed by atoms with van der Waals surface area (Å²) in [6.07, 6.45) is 0.103. The maximum absolute atomic E-state index is 12.4. The number of nitrogens with one attached hydrogen (secondary N) is 2. The third-order valence-corrected chi connectivity index (χ3v) is 6.96. The van der Waals surface area contributed by atoms with E-state index in [1.165, 1.54) is 4.70 Å². The van der Waals surface area contributed by atoms with Gasteiger partial charge in [0.25, 0.3) is 5.91 Å². The zero-order valence-electron chi connectivity index (χ0n) is 17.3. The van der Waals surface area contributed by atoms with E-state index in [1.807, 2.05) is 48.5 Å². The van der Waals surface area contributed by atoms with E-state index < -0.39 is 0 Å². The molecule has 0 aliphatic rings. The molecule has 3 aromatic carbocycles. The number of para-hydroxylation sites is 2. The summed E-state index contributed by atoms with van der Waals surface area (Å²) in [5, 5.41) is 0. The summed E-state index contributed by atoms with van der Waals surface area (Å²) in [6.45, 7) is 0. The second-order valence-corrected chi connectivity index (χ2v) is 9.18. The van der Waals surface area contributed by atoms with E-state index in [4.69, 9.17) is 4.74 Å². The highest BCUT2D eigenvalue weighted by molar-refractivity contribution is 8.00. The number of nitrogens with zero attached hydrogens (tertiary/aromatic N) is 1. The van der Waals surface area contributed by atoms with Crippen LogP contribution >= 0.6 is 23.1 Å². The fourth-order valence-electron chi connectivity index (χ4n) is 3.08. The fraction of sp³-hybridized carbons (Fsp3) is 0.125. The fourth-order valence-corrected chi connectivity index (χ4v) is 5.10. The molecule has 0 unspecified atom stereocenters. The first-order valence-electron chi connectivity index (χ1n) is 9.91. The number of amides is 2. The van der Waals surface area contributed by atoms with Crippen LogP contribution in [0.3, 0.4) is 0 Å². The molecule has 162 valence electrons. The predicted octanol–water partition coefficient (Wildman–Crippen LogP) is 4.60. The molecule has 8 heteroatoms. The van der Waals surface area contributed by atoms with Gasteiger partial charge in [-0.2, -0.15) is 0 Å². The number of carbonyl (C=O) groups is 2. The van der Waals surface area contributed by atoms with Crippen LogP contribution in [0.15, 0.2) is 77.1 Å². The van der Waals surface area contributed by atoms with Crippen molar-refractivity contribution >= 4 is 45.1 Å². The van der Waals surface area contributed by atoms with Crippen LogP contribution in [0.25, 0.3) is 10.2 Å². The molecule has 0 aliphatic heterocycles. The van der Waals surface area contributed by atoms with Crippen molar-refractivity contribution < 1.29 is 14.3 Å². The average molecular weight is 464 g/mol. The number of hydrazine groups is 1. The lowest BCUT2D eigenvalue weighted by Crippen LogP contribution is -2.42. The molecule has 2 N–H and O–H groups in total. The van der Waals surface area contributed by atoms with Crippen LogP contribution in [0.5, 0.6) is 5.75 Å². The van der Waals surface area contributed by atoms with E-state index in [2.05, 4.69) is 21.9 Å². The second kappa shape index (κ2) is 10.3. The van der Waals surface area contributed by atoms with Gasteiger partial charge in [-0.25, -0.2) is 4.98 Å². The minimum atomic E-state index is -0.372. The molecule has 1 aromatic heterocycles. The third kappa shape index (κ3) is 5.46. The Morgan fingerprint density at radius 2 is 1.72 bits per heavy atom. The van der Waals surface area contributed by atoms with Crippen LogP contribution < -0.4 is 15.6 Å². The molecule has 6 nitrogen and oxygen atoms in total. The van der Waals surface area contributed by atoms with Crippen LogP contribution in [0.2, 0.25) is 0 Å². The Morgan fingerprint density at radius 3 is 2.50 bits per heavy atom. The molecule has 0 atom stereocenters. The quantitative estimate of drug-likeness (QED) is 0.309. The van der Waals surface area contributed by atoms with Crippen molar-refractivity contribution in [3.8, 4) is 5.75 Å². The average Bonchev–Trinajstić information content (AvgIpc) is 3.25. The van der Waals surface area contributed by atoms with E-state index in [0.29, 0.717) is 11.3 Å². The molecule has 4 rings (SSSR count). The molecule has 32 heavy (non-hydrogen) atoms.